The van der Waals surface area contributed by atoms with Crippen molar-refractivity contribution < 1.29 is 18.8 Å². The van der Waals surface area contributed by atoms with Gasteiger partial charge in [0, 0.05) is 18.4 Å². The summed E-state index contributed by atoms with van der Waals surface area (Å²) in [6, 6.07) is 8.91. The van der Waals surface area contributed by atoms with Gasteiger partial charge in [0.05, 0.1) is 12.1 Å². The molecule has 2 heterocycles. The van der Waals surface area contributed by atoms with Crippen LogP contribution in [0.15, 0.2) is 34.9 Å². The number of fused-ring (bicyclic) bond motifs is 1. The van der Waals surface area contributed by atoms with E-state index in [1.54, 1.807) is 25.1 Å². The second-order valence-corrected chi connectivity index (χ2v) is 5.00. The van der Waals surface area contributed by atoms with E-state index in [0.717, 1.165) is 5.56 Å². The van der Waals surface area contributed by atoms with Crippen LogP contribution in [0.4, 0.5) is 5.88 Å². The van der Waals surface area contributed by atoms with Crippen molar-refractivity contribution in [3.63, 3.8) is 0 Å². The molecule has 21 heavy (non-hydrogen) atoms. The summed E-state index contributed by atoms with van der Waals surface area (Å²) in [7, 11) is 0. The number of rotatable bonds is 3. The zero-order valence-electron chi connectivity index (χ0n) is 11.5. The van der Waals surface area contributed by atoms with Crippen LogP contribution in [0.25, 0.3) is 0 Å². The van der Waals surface area contributed by atoms with Crippen LogP contribution < -0.4 is 10.1 Å². The molecule has 1 aliphatic rings. The molecular weight excluding hydrogens is 272 g/mol. The van der Waals surface area contributed by atoms with Gasteiger partial charge in [0.2, 0.25) is 11.8 Å². The van der Waals surface area contributed by atoms with Crippen molar-refractivity contribution in [1.82, 2.24) is 5.16 Å². The molecule has 0 radical (unpaired) electrons. The Morgan fingerprint density at radius 3 is 3.00 bits per heavy atom. The minimum Gasteiger partial charge on any atom is -0.426 e. The van der Waals surface area contributed by atoms with Crippen molar-refractivity contribution in [2.24, 2.45) is 0 Å². The Morgan fingerprint density at radius 2 is 2.24 bits per heavy atom. The molecule has 108 valence electrons. The first-order chi connectivity index (χ1) is 10.1. The zero-order chi connectivity index (χ0) is 14.8. The molecule has 1 aromatic carbocycles. The van der Waals surface area contributed by atoms with E-state index < -0.39 is 0 Å². The largest absolute Gasteiger partial charge is 0.426 e. The van der Waals surface area contributed by atoms with Crippen molar-refractivity contribution in [3.8, 4) is 5.75 Å². The summed E-state index contributed by atoms with van der Waals surface area (Å²) in [5, 5.41) is 6.34. The highest BCUT2D eigenvalue weighted by Crippen LogP contribution is 2.36. The molecule has 0 saturated heterocycles. The number of carbonyl (C=O) groups is 2. The van der Waals surface area contributed by atoms with E-state index in [0.29, 0.717) is 17.3 Å². The molecule has 1 aliphatic heterocycles. The zero-order valence-corrected chi connectivity index (χ0v) is 11.5. The lowest BCUT2D eigenvalue weighted by atomic mass is 9.90. The third-order valence-corrected chi connectivity index (χ3v) is 3.32. The lowest BCUT2D eigenvalue weighted by Gasteiger charge is -2.23. The number of esters is 1. The quantitative estimate of drug-likeness (QED) is 0.692. The second-order valence-electron chi connectivity index (χ2n) is 5.00. The number of amides is 1. The smallest absolute Gasteiger partial charge is 0.311 e. The van der Waals surface area contributed by atoms with E-state index in [4.69, 9.17) is 9.26 Å². The number of hydrogen-bond donors (Lipinski definition) is 1. The highest BCUT2D eigenvalue weighted by atomic mass is 16.5. The molecule has 1 aromatic heterocycles. The molecule has 0 bridgehead atoms. The van der Waals surface area contributed by atoms with E-state index in [9.17, 15) is 9.59 Å². The van der Waals surface area contributed by atoms with Gasteiger partial charge in [-0.3, -0.25) is 14.9 Å². The van der Waals surface area contributed by atoms with Gasteiger partial charge in [-0.05, 0) is 18.6 Å². The topological polar surface area (TPSA) is 81.4 Å². The van der Waals surface area contributed by atoms with Crippen molar-refractivity contribution in [1.29, 1.82) is 0 Å². The van der Waals surface area contributed by atoms with Crippen LogP contribution in [-0.4, -0.2) is 17.0 Å². The summed E-state index contributed by atoms with van der Waals surface area (Å²) in [4.78, 5) is 23.7. The second kappa shape index (κ2) is 5.40. The van der Waals surface area contributed by atoms with E-state index in [2.05, 4.69) is 10.5 Å². The number of nitrogens with one attached hydrogen (secondary N) is 1. The molecule has 1 atom stereocenters. The van der Waals surface area contributed by atoms with Crippen molar-refractivity contribution in [3.05, 3.63) is 41.6 Å². The maximum atomic E-state index is 12.1. The normalized spacial score (nSPS) is 17.0. The van der Waals surface area contributed by atoms with Gasteiger partial charge in [-0.1, -0.05) is 23.4 Å². The van der Waals surface area contributed by atoms with E-state index >= 15 is 0 Å². The molecule has 6 heteroatoms. The van der Waals surface area contributed by atoms with Gasteiger partial charge in [0.1, 0.15) is 5.75 Å². The molecule has 0 fully saturated rings. The summed E-state index contributed by atoms with van der Waals surface area (Å²) < 4.78 is 10.1. The van der Waals surface area contributed by atoms with Crippen LogP contribution in [0, 0.1) is 6.92 Å². The highest BCUT2D eigenvalue weighted by Gasteiger charge is 2.28. The summed E-state index contributed by atoms with van der Waals surface area (Å²) in [6.07, 6.45) is 0.381. The first kappa shape index (κ1) is 13.4. The van der Waals surface area contributed by atoms with Crippen molar-refractivity contribution in [2.75, 3.05) is 5.32 Å². The van der Waals surface area contributed by atoms with E-state index in [1.165, 1.54) is 0 Å². The number of aromatic nitrogens is 1. The van der Waals surface area contributed by atoms with Crippen LogP contribution in [0.3, 0.4) is 0 Å². The summed E-state index contributed by atoms with van der Waals surface area (Å²) in [5.41, 5.74) is 1.57. The third kappa shape index (κ3) is 2.94. The number of ether oxygens (including phenoxy) is 1. The maximum absolute atomic E-state index is 12.1. The van der Waals surface area contributed by atoms with E-state index in [-0.39, 0.29) is 30.6 Å². The van der Waals surface area contributed by atoms with Crippen LogP contribution in [0.1, 0.15) is 30.0 Å². The molecule has 0 unspecified atom stereocenters. The number of nitrogens with zero attached hydrogens (tertiary/aromatic N) is 1. The molecular formula is C15H14N2O4. The lowest BCUT2D eigenvalue weighted by Crippen LogP contribution is -2.24. The molecule has 1 amide bonds. The van der Waals surface area contributed by atoms with Crippen LogP contribution in [-0.2, 0) is 9.59 Å². The molecule has 0 saturated carbocycles. The fraction of sp³-hybridized carbons (Fsp3) is 0.267. The number of hydrogen-bond acceptors (Lipinski definition) is 5. The van der Waals surface area contributed by atoms with Crippen molar-refractivity contribution in [2.45, 2.75) is 25.7 Å². The Bertz CT molecular complexity index is 692. The Labute approximate surface area is 121 Å². The van der Waals surface area contributed by atoms with Crippen LogP contribution in [0.5, 0.6) is 5.75 Å². The molecule has 0 spiro atoms. The van der Waals surface area contributed by atoms with Gasteiger partial charge < -0.3 is 9.26 Å². The lowest BCUT2D eigenvalue weighted by molar-refractivity contribution is -0.136. The Hall–Kier alpha value is -2.63. The fourth-order valence-corrected chi connectivity index (χ4v) is 2.40. The van der Waals surface area contributed by atoms with Crippen LogP contribution >= 0.6 is 0 Å². The minimum absolute atomic E-state index is 0.186. The molecule has 0 aliphatic carbocycles. The molecule has 2 aromatic rings. The monoisotopic (exact) mass is 286 g/mol. The van der Waals surface area contributed by atoms with Crippen LogP contribution in [0.2, 0.25) is 0 Å². The van der Waals surface area contributed by atoms with E-state index in [1.807, 2.05) is 12.1 Å². The average molecular weight is 286 g/mol. The van der Waals surface area contributed by atoms with Gasteiger partial charge in [-0.2, -0.15) is 0 Å². The number of benzene rings is 1. The van der Waals surface area contributed by atoms with Gasteiger partial charge in [0.25, 0.3) is 0 Å². The number of carbonyl (C=O) groups excluding carboxylic acids is 2. The van der Waals surface area contributed by atoms with Gasteiger partial charge in [0.15, 0.2) is 0 Å². The highest BCUT2D eigenvalue weighted by molar-refractivity contribution is 5.91. The standard InChI is InChI=1S/C15H14N2O4/c1-9-6-14(21-17-9)16-13(18)7-10-8-15(19)20-12-5-3-2-4-11(10)12/h2-6,10H,7-8H2,1H3,(H,16,18)/t10-/m0/s1. The fourth-order valence-electron chi connectivity index (χ4n) is 2.40. The number of aryl methyl sites for hydroxylation is 1. The summed E-state index contributed by atoms with van der Waals surface area (Å²) in [5.74, 6) is 0.111. The number of anilines is 1. The number of para-hydroxylation sites is 1. The molecule has 3 rings (SSSR count). The Morgan fingerprint density at radius 1 is 1.43 bits per heavy atom. The molecule has 6 nitrogen and oxygen atoms in total. The Balaban J connectivity index is 1.72. The maximum Gasteiger partial charge on any atom is 0.311 e. The summed E-state index contributed by atoms with van der Waals surface area (Å²) >= 11 is 0. The average Bonchev–Trinajstić information content (AvgIpc) is 2.83. The van der Waals surface area contributed by atoms with Gasteiger partial charge in [-0.25, -0.2) is 0 Å². The third-order valence-electron chi connectivity index (χ3n) is 3.32. The minimum atomic E-state index is -0.318. The first-order valence-corrected chi connectivity index (χ1v) is 6.64. The predicted octanol–water partition coefficient (Wildman–Crippen LogP) is 2.40. The predicted molar refractivity (Wildman–Crippen MR) is 73.9 cm³/mol. The SMILES string of the molecule is Cc1cc(NC(=O)C[C@H]2CC(=O)Oc3ccccc32)on1. The van der Waals surface area contributed by atoms with Gasteiger partial charge in [-0.15, -0.1) is 0 Å². The summed E-state index contributed by atoms with van der Waals surface area (Å²) in [6.45, 7) is 1.77. The first-order valence-electron chi connectivity index (χ1n) is 6.64. The van der Waals surface area contributed by atoms with Crippen molar-refractivity contribution >= 4 is 17.8 Å². The molecule has 1 N–H and O–H groups in total. The van der Waals surface area contributed by atoms with Gasteiger partial charge >= 0.3 is 5.97 Å². The Kier molecular flexibility index (Phi) is 3.43.